The molecule has 4 amide bonds. The summed E-state index contributed by atoms with van der Waals surface area (Å²) in [6, 6.07) is 9.65. The molecule has 1 aliphatic carbocycles. The third kappa shape index (κ3) is 4.67. The van der Waals surface area contributed by atoms with Gasteiger partial charge in [0.2, 0.25) is 5.91 Å². The normalized spacial score (nSPS) is 20.3. The van der Waals surface area contributed by atoms with Crippen molar-refractivity contribution in [3.05, 3.63) is 35.9 Å². The highest BCUT2D eigenvalue weighted by Gasteiger charge is 2.51. The molecular weight excluding hydrogens is 342 g/mol. The second-order valence-electron chi connectivity index (χ2n) is 7.81. The van der Waals surface area contributed by atoms with Gasteiger partial charge in [0, 0.05) is 6.04 Å². The number of rotatable bonds is 6. The number of imide groups is 1. The molecule has 1 spiro atoms. The maximum atomic E-state index is 12.8. The van der Waals surface area contributed by atoms with Gasteiger partial charge in [0.05, 0.1) is 0 Å². The molecule has 1 unspecified atom stereocenters. The summed E-state index contributed by atoms with van der Waals surface area (Å²) in [6.07, 6.45) is 7.06. The zero-order valence-electron chi connectivity index (χ0n) is 16.0. The highest BCUT2D eigenvalue weighted by molar-refractivity contribution is 6.09. The van der Waals surface area contributed by atoms with Crippen molar-refractivity contribution >= 4 is 17.8 Å². The van der Waals surface area contributed by atoms with Gasteiger partial charge in [0.15, 0.2) is 0 Å². The number of hydrogen-bond acceptors (Lipinski definition) is 3. The van der Waals surface area contributed by atoms with Gasteiger partial charge in [-0.25, -0.2) is 4.79 Å². The Labute approximate surface area is 160 Å². The molecule has 27 heavy (non-hydrogen) atoms. The van der Waals surface area contributed by atoms with Gasteiger partial charge in [-0.2, -0.15) is 0 Å². The second kappa shape index (κ2) is 8.55. The molecule has 2 aliphatic rings. The van der Waals surface area contributed by atoms with Crippen molar-refractivity contribution in [2.45, 2.75) is 69.9 Å². The van der Waals surface area contributed by atoms with Gasteiger partial charge in [-0.05, 0) is 38.2 Å². The first kappa shape index (κ1) is 19.4. The molecule has 2 N–H and O–H groups in total. The van der Waals surface area contributed by atoms with Gasteiger partial charge in [-0.15, -0.1) is 0 Å². The van der Waals surface area contributed by atoms with Crippen LogP contribution in [0.4, 0.5) is 4.79 Å². The van der Waals surface area contributed by atoms with Crippen LogP contribution < -0.4 is 10.6 Å². The molecule has 1 saturated heterocycles. The van der Waals surface area contributed by atoms with Crippen LogP contribution in [0.1, 0.15) is 57.4 Å². The van der Waals surface area contributed by atoms with Crippen LogP contribution in [-0.2, 0) is 16.0 Å². The van der Waals surface area contributed by atoms with Crippen LogP contribution >= 0.6 is 0 Å². The van der Waals surface area contributed by atoms with Crippen molar-refractivity contribution in [3.8, 4) is 0 Å². The fraction of sp³-hybridized carbons (Fsp3) is 0.571. The Balaban J connectivity index is 1.51. The minimum absolute atomic E-state index is 0.0229. The molecule has 3 rings (SSSR count). The molecule has 146 valence electrons. The van der Waals surface area contributed by atoms with E-state index in [0.717, 1.165) is 43.4 Å². The lowest BCUT2D eigenvalue weighted by molar-refractivity contribution is -0.135. The third-order valence-electron chi connectivity index (χ3n) is 5.62. The van der Waals surface area contributed by atoms with Crippen LogP contribution in [0.3, 0.4) is 0 Å². The van der Waals surface area contributed by atoms with Crippen LogP contribution in [0.25, 0.3) is 0 Å². The van der Waals surface area contributed by atoms with Crippen LogP contribution in [0.5, 0.6) is 0 Å². The summed E-state index contributed by atoms with van der Waals surface area (Å²) in [6.45, 7) is 1.74. The molecule has 0 radical (unpaired) electrons. The van der Waals surface area contributed by atoms with Gasteiger partial charge in [0.25, 0.3) is 5.91 Å². The zero-order chi connectivity index (χ0) is 19.3. The van der Waals surface area contributed by atoms with E-state index >= 15 is 0 Å². The van der Waals surface area contributed by atoms with Crippen LogP contribution in [0.2, 0.25) is 0 Å². The van der Waals surface area contributed by atoms with E-state index in [0.29, 0.717) is 12.8 Å². The van der Waals surface area contributed by atoms with Gasteiger partial charge >= 0.3 is 6.03 Å². The summed E-state index contributed by atoms with van der Waals surface area (Å²) >= 11 is 0. The lowest BCUT2D eigenvalue weighted by Gasteiger charge is -2.24. The van der Waals surface area contributed by atoms with E-state index in [1.54, 1.807) is 0 Å². The lowest BCUT2D eigenvalue weighted by Crippen LogP contribution is -2.47. The average molecular weight is 371 g/mol. The van der Waals surface area contributed by atoms with Crippen LogP contribution in [0, 0.1) is 0 Å². The minimum atomic E-state index is -0.785. The molecule has 1 atom stereocenters. The Bertz CT molecular complexity index is 681. The van der Waals surface area contributed by atoms with E-state index in [2.05, 4.69) is 22.8 Å². The first-order chi connectivity index (χ1) is 13.0. The Kier molecular flexibility index (Phi) is 6.14. The standard InChI is InChI=1S/C21H29N3O3/c1-16(11-12-17-9-5-4-6-10-17)22-18(25)15-24-19(26)21(23-20(24)27)13-7-2-3-8-14-21/h4-6,9-10,16H,2-3,7-8,11-15H2,1H3,(H,22,25)(H,23,27). The molecular formula is C21H29N3O3. The summed E-state index contributed by atoms with van der Waals surface area (Å²) in [7, 11) is 0. The molecule has 6 nitrogen and oxygen atoms in total. The Hall–Kier alpha value is -2.37. The molecule has 0 aromatic heterocycles. The quantitative estimate of drug-likeness (QED) is 0.755. The summed E-state index contributed by atoms with van der Waals surface area (Å²) in [5.74, 6) is -0.522. The lowest BCUT2D eigenvalue weighted by atomic mass is 9.90. The Morgan fingerprint density at radius 2 is 1.81 bits per heavy atom. The summed E-state index contributed by atoms with van der Waals surface area (Å²) < 4.78 is 0. The number of hydrogen-bond donors (Lipinski definition) is 2. The molecule has 0 bridgehead atoms. The third-order valence-corrected chi connectivity index (χ3v) is 5.62. The number of aryl methyl sites for hydroxylation is 1. The summed E-state index contributed by atoms with van der Waals surface area (Å²) in [5, 5.41) is 5.78. The zero-order valence-corrected chi connectivity index (χ0v) is 16.0. The van der Waals surface area contributed by atoms with E-state index in [1.807, 2.05) is 25.1 Å². The Morgan fingerprint density at radius 3 is 2.48 bits per heavy atom. The molecule has 6 heteroatoms. The number of benzene rings is 1. The highest BCUT2D eigenvalue weighted by Crippen LogP contribution is 2.32. The average Bonchev–Trinajstić information content (AvgIpc) is 2.83. The maximum Gasteiger partial charge on any atom is 0.325 e. The topological polar surface area (TPSA) is 78.5 Å². The first-order valence-electron chi connectivity index (χ1n) is 9.97. The monoisotopic (exact) mass is 371 g/mol. The van der Waals surface area contributed by atoms with Gasteiger partial charge in [-0.1, -0.05) is 56.0 Å². The van der Waals surface area contributed by atoms with Gasteiger partial charge < -0.3 is 10.6 Å². The number of carbonyl (C=O) groups is 3. The van der Waals surface area contributed by atoms with Crippen molar-refractivity contribution in [1.82, 2.24) is 15.5 Å². The van der Waals surface area contributed by atoms with E-state index in [-0.39, 0.29) is 24.4 Å². The van der Waals surface area contributed by atoms with Crippen molar-refractivity contribution < 1.29 is 14.4 Å². The largest absolute Gasteiger partial charge is 0.352 e. The second-order valence-corrected chi connectivity index (χ2v) is 7.81. The minimum Gasteiger partial charge on any atom is -0.352 e. The molecule has 1 aromatic rings. The number of nitrogens with one attached hydrogen (secondary N) is 2. The summed E-state index contributed by atoms with van der Waals surface area (Å²) in [4.78, 5) is 38.6. The predicted octanol–water partition coefficient (Wildman–Crippen LogP) is 2.77. The highest BCUT2D eigenvalue weighted by atomic mass is 16.2. The predicted molar refractivity (Wildman–Crippen MR) is 103 cm³/mol. The number of urea groups is 1. The molecule has 1 saturated carbocycles. The number of carbonyl (C=O) groups excluding carboxylic acids is 3. The van der Waals surface area contributed by atoms with Crippen LogP contribution in [0.15, 0.2) is 30.3 Å². The van der Waals surface area contributed by atoms with Crippen LogP contribution in [-0.4, -0.2) is 40.9 Å². The molecule has 1 aromatic carbocycles. The fourth-order valence-electron chi connectivity index (χ4n) is 4.05. The summed E-state index contributed by atoms with van der Waals surface area (Å²) in [5.41, 5.74) is 0.440. The van der Waals surface area contributed by atoms with Gasteiger partial charge in [0.1, 0.15) is 12.1 Å². The molecule has 2 fully saturated rings. The molecule has 1 aliphatic heterocycles. The maximum absolute atomic E-state index is 12.8. The smallest absolute Gasteiger partial charge is 0.325 e. The van der Waals surface area contributed by atoms with Crippen molar-refractivity contribution in [3.63, 3.8) is 0 Å². The molecule has 1 heterocycles. The van der Waals surface area contributed by atoms with Crippen molar-refractivity contribution in [2.75, 3.05) is 6.54 Å². The van der Waals surface area contributed by atoms with E-state index in [9.17, 15) is 14.4 Å². The SMILES string of the molecule is CC(CCc1ccccc1)NC(=O)CN1C(=O)NC2(CCCCCC2)C1=O. The van der Waals surface area contributed by atoms with E-state index < -0.39 is 11.6 Å². The number of amides is 4. The van der Waals surface area contributed by atoms with E-state index in [4.69, 9.17) is 0 Å². The fourth-order valence-corrected chi connectivity index (χ4v) is 4.05. The van der Waals surface area contributed by atoms with Gasteiger partial charge in [-0.3, -0.25) is 14.5 Å². The van der Waals surface area contributed by atoms with Crippen molar-refractivity contribution in [1.29, 1.82) is 0 Å². The first-order valence-corrected chi connectivity index (χ1v) is 9.97. The van der Waals surface area contributed by atoms with E-state index in [1.165, 1.54) is 5.56 Å². The van der Waals surface area contributed by atoms with Crippen molar-refractivity contribution in [2.24, 2.45) is 0 Å². The Morgan fingerprint density at radius 1 is 1.15 bits per heavy atom. The number of nitrogens with zero attached hydrogens (tertiary/aromatic N) is 1.